The Balaban J connectivity index is 1.64. The van der Waals surface area contributed by atoms with E-state index in [0.717, 1.165) is 6.42 Å². The molecule has 4 aromatic rings. The van der Waals surface area contributed by atoms with E-state index in [1.807, 2.05) is 6.08 Å². The number of rotatable bonds is 3. The normalized spacial score (nSPS) is 11.8. The highest BCUT2D eigenvalue weighted by Gasteiger charge is 2.18. The molecule has 0 aromatic heterocycles. The molecule has 28 heavy (non-hydrogen) atoms. The standard InChI is InChI=1S/C28H22/c1-3-20-8-4-6-10-25(20)27-17-21(13-12-19(27)2)22-14-15-24-16-23-9-5-7-11-26(23)28(24)18-22/h3-15,17-18H,1,16H2,2H3. The van der Waals surface area contributed by atoms with E-state index < -0.39 is 0 Å². The fourth-order valence-corrected chi connectivity index (χ4v) is 4.32. The van der Waals surface area contributed by atoms with E-state index in [2.05, 4.69) is 98.4 Å². The molecule has 0 bridgehead atoms. The summed E-state index contributed by atoms with van der Waals surface area (Å²) in [6, 6.07) is 30.9. The molecule has 0 heteroatoms. The van der Waals surface area contributed by atoms with Crippen molar-refractivity contribution in [1.29, 1.82) is 0 Å². The van der Waals surface area contributed by atoms with Crippen LogP contribution < -0.4 is 0 Å². The Morgan fingerprint density at radius 2 is 1.29 bits per heavy atom. The zero-order chi connectivity index (χ0) is 19.1. The van der Waals surface area contributed by atoms with Crippen molar-refractivity contribution in [3.63, 3.8) is 0 Å². The lowest BCUT2D eigenvalue weighted by molar-refractivity contribution is 1.26. The van der Waals surface area contributed by atoms with Crippen LogP contribution in [0, 0.1) is 6.92 Å². The Hall–Kier alpha value is -3.38. The number of benzene rings is 4. The Kier molecular flexibility index (Phi) is 3.98. The molecule has 0 N–H and O–H groups in total. The van der Waals surface area contributed by atoms with Crippen molar-refractivity contribution < 1.29 is 0 Å². The van der Waals surface area contributed by atoms with Gasteiger partial charge in [0.2, 0.25) is 0 Å². The lowest BCUT2D eigenvalue weighted by Crippen LogP contribution is -1.89. The van der Waals surface area contributed by atoms with Gasteiger partial charge in [-0.15, -0.1) is 0 Å². The first-order valence-electron chi connectivity index (χ1n) is 9.78. The Morgan fingerprint density at radius 3 is 2.11 bits per heavy atom. The Labute approximate surface area is 166 Å². The summed E-state index contributed by atoms with van der Waals surface area (Å²) in [5.74, 6) is 0. The molecule has 134 valence electrons. The molecule has 0 fully saturated rings. The van der Waals surface area contributed by atoms with Crippen LogP contribution in [0.3, 0.4) is 0 Å². The number of aryl methyl sites for hydroxylation is 1. The summed E-state index contributed by atoms with van der Waals surface area (Å²) in [7, 11) is 0. The average Bonchev–Trinajstić information content (AvgIpc) is 3.12. The summed E-state index contributed by atoms with van der Waals surface area (Å²) < 4.78 is 0. The van der Waals surface area contributed by atoms with E-state index in [9.17, 15) is 0 Å². The minimum Gasteiger partial charge on any atom is -0.0984 e. The first-order valence-corrected chi connectivity index (χ1v) is 9.78. The summed E-state index contributed by atoms with van der Waals surface area (Å²) in [6.45, 7) is 6.17. The van der Waals surface area contributed by atoms with Gasteiger partial charge < -0.3 is 0 Å². The van der Waals surface area contributed by atoms with Gasteiger partial charge in [-0.1, -0.05) is 85.5 Å². The largest absolute Gasteiger partial charge is 0.0984 e. The molecule has 1 aliphatic carbocycles. The van der Waals surface area contributed by atoms with Crippen molar-refractivity contribution >= 4 is 6.08 Å². The molecule has 0 nitrogen and oxygen atoms in total. The third-order valence-electron chi connectivity index (χ3n) is 5.84. The maximum absolute atomic E-state index is 3.99. The van der Waals surface area contributed by atoms with Crippen molar-refractivity contribution in [3.8, 4) is 33.4 Å². The highest BCUT2D eigenvalue weighted by atomic mass is 14.2. The second-order valence-corrected chi connectivity index (χ2v) is 7.53. The van der Waals surface area contributed by atoms with Crippen molar-refractivity contribution in [2.75, 3.05) is 0 Å². The van der Waals surface area contributed by atoms with Gasteiger partial charge in [-0.2, -0.15) is 0 Å². The molecule has 0 amide bonds. The summed E-state index contributed by atoms with van der Waals surface area (Å²) in [5.41, 5.74) is 13.1. The molecule has 0 unspecified atom stereocenters. The lowest BCUT2D eigenvalue weighted by Gasteiger charge is -2.13. The summed E-state index contributed by atoms with van der Waals surface area (Å²) in [6.07, 6.45) is 2.98. The van der Waals surface area contributed by atoms with Gasteiger partial charge in [0.15, 0.2) is 0 Å². The third kappa shape index (κ3) is 2.70. The first kappa shape index (κ1) is 16.8. The summed E-state index contributed by atoms with van der Waals surface area (Å²) in [5, 5.41) is 0. The number of hydrogen-bond acceptors (Lipinski definition) is 0. The second-order valence-electron chi connectivity index (χ2n) is 7.53. The van der Waals surface area contributed by atoms with Crippen LogP contribution in [0.1, 0.15) is 22.3 Å². The molecule has 0 saturated carbocycles. The third-order valence-corrected chi connectivity index (χ3v) is 5.84. The van der Waals surface area contributed by atoms with E-state index >= 15 is 0 Å². The number of fused-ring (bicyclic) bond motifs is 3. The summed E-state index contributed by atoms with van der Waals surface area (Å²) >= 11 is 0. The highest BCUT2D eigenvalue weighted by molar-refractivity contribution is 5.84. The van der Waals surface area contributed by atoms with Crippen molar-refractivity contribution in [1.82, 2.24) is 0 Å². The minimum absolute atomic E-state index is 1.04. The maximum Gasteiger partial charge on any atom is -0.00134 e. The molecular formula is C28H22. The van der Waals surface area contributed by atoms with Crippen LogP contribution >= 0.6 is 0 Å². The molecule has 0 heterocycles. The van der Waals surface area contributed by atoms with E-state index in [0.29, 0.717) is 0 Å². The molecular weight excluding hydrogens is 336 g/mol. The van der Waals surface area contributed by atoms with E-state index in [4.69, 9.17) is 0 Å². The quantitative estimate of drug-likeness (QED) is 0.312. The van der Waals surface area contributed by atoms with Gasteiger partial charge in [0, 0.05) is 0 Å². The molecule has 5 rings (SSSR count). The molecule has 0 radical (unpaired) electrons. The zero-order valence-corrected chi connectivity index (χ0v) is 16.1. The molecule has 0 spiro atoms. The molecule has 1 aliphatic rings. The van der Waals surface area contributed by atoms with Crippen LogP contribution in [-0.4, -0.2) is 0 Å². The van der Waals surface area contributed by atoms with Crippen molar-refractivity contribution in [2.24, 2.45) is 0 Å². The topological polar surface area (TPSA) is 0 Å². The molecule has 4 aromatic carbocycles. The fourth-order valence-electron chi connectivity index (χ4n) is 4.32. The van der Waals surface area contributed by atoms with E-state index in [-0.39, 0.29) is 0 Å². The average molecular weight is 358 g/mol. The van der Waals surface area contributed by atoms with Gasteiger partial charge in [-0.05, 0) is 81.1 Å². The number of hydrogen-bond donors (Lipinski definition) is 0. The minimum atomic E-state index is 1.04. The predicted octanol–water partition coefficient (Wildman–Crippen LogP) is 7.54. The van der Waals surface area contributed by atoms with Gasteiger partial charge in [0.05, 0.1) is 0 Å². The second kappa shape index (κ2) is 6.65. The van der Waals surface area contributed by atoms with Crippen LogP contribution in [0.4, 0.5) is 0 Å². The SMILES string of the molecule is C=Cc1ccccc1-c1cc(-c2ccc3c(c2)-c2ccccc2C3)ccc1C. The highest BCUT2D eigenvalue weighted by Crippen LogP contribution is 2.39. The molecule has 0 saturated heterocycles. The molecule has 0 atom stereocenters. The smallest absolute Gasteiger partial charge is 0.00134 e. The monoisotopic (exact) mass is 358 g/mol. The van der Waals surface area contributed by atoms with Crippen LogP contribution in [0.25, 0.3) is 39.5 Å². The maximum atomic E-state index is 3.99. The summed E-state index contributed by atoms with van der Waals surface area (Å²) in [4.78, 5) is 0. The zero-order valence-electron chi connectivity index (χ0n) is 16.1. The fraction of sp³-hybridized carbons (Fsp3) is 0.0714. The lowest BCUT2D eigenvalue weighted by atomic mass is 9.91. The van der Waals surface area contributed by atoms with Crippen molar-refractivity contribution in [3.05, 3.63) is 114 Å². The van der Waals surface area contributed by atoms with Gasteiger partial charge in [0.25, 0.3) is 0 Å². The molecule has 0 aliphatic heterocycles. The van der Waals surface area contributed by atoms with E-state index in [1.165, 1.54) is 55.6 Å². The van der Waals surface area contributed by atoms with Crippen LogP contribution in [-0.2, 0) is 6.42 Å². The first-order chi connectivity index (χ1) is 13.7. The van der Waals surface area contributed by atoms with Crippen LogP contribution in [0.5, 0.6) is 0 Å². The van der Waals surface area contributed by atoms with Gasteiger partial charge >= 0.3 is 0 Å². The van der Waals surface area contributed by atoms with Crippen LogP contribution in [0.15, 0.2) is 91.5 Å². The van der Waals surface area contributed by atoms with Gasteiger partial charge in [-0.25, -0.2) is 0 Å². The Bertz CT molecular complexity index is 1210. The van der Waals surface area contributed by atoms with Gasteiger partial charge in [0.1, 0.15) is 0 Å². The Morgan fingerprint density at radius 1 is 0.643 bits per heavy atom. The predicted molar refractivity (Wildman–Crippen MR) is 120 cm³/mol. The van der Waals surface area contributed by atoms with Gasteiger partial charge in [-0.3, -0.25) is 0 Å². The van der Waals surface area contributed by atoms with E-state index in [1.54, 1.807) is 0 Å². The van der Waals surface area contributed by atoms with Crippen molar-refractivity contribution in [2.45, 2.75) is 13.3 Å². The van der Waals surface area contributed by atoms with Crippen LogP contribution in [0.2, 0.25) is 0 Å².